The molecule has 2 aromatic heterocycles. The van der Waals surface area contributed by atoms with Crippen molar-refractivity contribution in [3.8, 4) is 15.6 Å². The van der Waals surface area contributed by atoms with Gasteiger partial charge in [0.05, 0.1) is 24.1 Å². The third-order valence-corrected chi connectivity index (χ3v) is 7.17. The minimum atomic E-state index is 0.151. The molecule has 0 aliphatic heterocycles. The summed E-state index contributed by atoms with van der Waals surface area (Å²) >= 11 is 3.29. The topological polar surface area (TPSA) is 42.4 Å². The lowest BCUT2D eigenvalue weighted by molar-refractivity contribution is -0.133. The summed E-state index contributed by atoms with van der Waals surface area (Å²) in [7, 11) is 1.66. The van der Waals surface area contributed by atoms with Crippen molar-refractivity contribution in [3.63, 3.8) is 0 Å². The van der Waals surface area contributed by atoms with E-state index in [1.165, 1.54) is 12.8 Å². The third kappa shape index (κ3) is 4.45. The monoisotopic (exact) mass is 412 g/mol. The predicted molar refractivity (Wildman–Crippen MR) is 115 cm³/mol. The zero-order valence-electron chi connectivity index (χ0n) is 16.1. The maximum absolute atomic E-state index is 13.2. The summed E-state index contributed by atoms with van der Waals surface area (Å²) in [6, 6.07) is 12.3. The Morgan fingerprint density at radius 1 is 1.25 bits per heavy atom. The van der Waals surface area contributed by atoms with Crippen LogP contribution < -0.4 is 4.74 Å². The smallest absolute Gasteiger partial charge is 0.229 e. The number of thiazole rings is 1. The number of thiophene rings is 1. The lowest BCUT2D eigenvalue weighted by atomic mass is 10.1. The number of methoxy groups -OCH3 is 1. The first kappa shape index (κ1) is 19.2. The zero-order valence-corrected chi connectivity index (χ0v) is 17.8. The highest BCUT2D eigenvalue weighted by molar-refractivity contribution is 7.20. The molecule has 146 valence electrons. The molecule has 28 heavy (non-hydrogen) atoms. The van der Waals surface area contributed by atoms with Gasteiger partial charge >= 0.3 is 0 Å². The standard InChI is InChI=1S/C22H24N2O2S2/c1-15(17-7-8-17)24(13-16-5-9-19(26-2)10-6-16)21(25)12-18-14-28-22(23-18)20-4-3-11-27-20/h3-6,9-11,14-15,17H,7-8,12-13H2,1-2H3. The van der Waals surface area contributed by atoms with Gasteiger partial charge in [-0.15, -0.1) is 22.7 Å². The number of carbonyl (C=O) groups is 1. The highest BCUT2D eigenvalue weighted by Gasteiger charge is 2.34. The molecule has 4 nitrogen and oxygen atoms in total. The maximum atomic E-state index is 13.2. The molecule has 6 heteroatoms. The van der Waals surface area contributed by atoms with Crippen molar-refractivity contribution in [1.82, 2.24) is 9.88 Å². The highest BCUT2D eigenvalue weighted by atomic mass is 32.1. The van der Waals surface area contributed by atoms with Crippen molar-refractivity contribution in [2.75, 3.05) is 7.11 Å². The Bertz CT molecular complexity index is 914. The van der Waals surface area contributed by atoms with Crippen LogP contribution in [0.4, 0.5) is 0 Å². The van der Waals surface area contributed by atoms with Gasteiger partial charge in [-0.05, 0) is 54.8 Å². The van der Waals surface area contributed by atoms with Crippen molar-refractivity contribution in [2.45, 2.75) is 38.8 Å². The molecule has 0 radical (unpaired) electrons. The van der Waals surface area contributed by atoms with Crippen LogP contribution in [-0.4, -0.2) is 28.9 Å². The van der Waals surface area contributed by atoms with Gasteiger partial charge in [0.25, 0.3) is 0 Å². The largest absolute Gasteiger partial charge is 0.497 e. The number of amides is 1. The van der Waals surface area contributed by atoms with E-state index >= 15 is 0 Å². The second kappa shape index (κ2) is 8.45. The molecule has 1 fully saturated rings. The van der Waals surface area contributed by atoms with Crippen molar-refractivity contribution in [2.24, 2.45) is 5.92 Å². The molecule has 0 saturated heterocycles. The molecule has 0 bridgehead atoms. The van der Waals surface area contributed by atoms with Crippen LogP contribution >= 0.6 is 22.7 Å². The molecule has 4 rings (SSSR count). The maximum Gasteiger partial charge on any atom is 0.229 e. The molecule has 1 aromatic carbocycles. The molecule has 0 N–H and O–H groups in total. The van der Waals surface area contributed by atoms with Gasteiger partial charge in [-0.1, -0.05) is 18.2 Å². The molecule has 1 saturated carbocycles. The van der Waals surface area contributed by atoms with Crippen molar-refractivity contribution in [3.05, 3.63) is 58.4 Å². The van der Waals surface area contributed by atoms with Crippen molar-refractivity contribution >= 4 is 28.6 Å². The van der Waals surface area contributed by atoms with Crippen LogP contribution in [0.25, 0.3) is 9.88 Å². The van der Waals surface area contributed by atoms with Crippen LogP contribution in [0.15, 0.2) is 47.2 Å². The average molecular weight is 413 g/mol. The predicted octanol–water partition coefficient (Wildman–Crippen LogP) is 5.25. The Morgan fingerprint density at radius 2 is 2.04 bits per heavy atom. The van der Waals surface area contributed by atoms with Crippen LogP contribution in [0.3, 0.4) is 0 Å². The van der Waals surface area contributed by atoms with Gasteiger partial charge in [0.2, 0.25) is 5.91 Å². The SMILES string of the molecule is COc1ccc(CN(C(=O)Cc2csc(-c3cccs3)n2)C(C)C2CC2)cc1. The van der Waals surface area contributed by atoms with Crippen molar-refractivity contribution in [1.29, 1.82) is 0 Å². The summed E-state index contributed by atoms with van der Waals surface area (Å²) in [6.45, 7) is 2.81. The van der Waals surface area contributed by atoms with E-state index in [2.05, 4.69) is 23.4 Å². The van der Waals surface area contributed by atoms with Crippen LogP contribution in [-0.2, 0) is 17.8 Å². The first-order chi connectivity index (χ1) is 13.6. The second-order valence-electron chi connectivity index (χ2n) is 7.25. The van der Waals surface area contributed by atoms with E-state index in [-0.39, 0.29) is 11.9 Å². The van der Waals surface area contributed by atoms with E-state index in [1.54, 1.807) is 29.8 Å². The lowest BCUT2D eigenvalue weighted by Gasteiger charge is -2.29. The second-order valence-corrected chi connectivity index (χ2v) is 9.05. The minimum Gasteiger partial charge on any atom is -0.497 e. The van der Waals surface area contributed by atoms with Gasteiger partial charge in [0, 0.05) is 18.0 Å². The van der Waals surface area contributed by atoms with E-state index in [1.807, 2.05) is 40.6 Å². The fraction of sp³-hybridized carbons (Fsp3) is 0.364. The molecule has 3 aromatic rings. The molecular weight excluding hydrogens is 388 g/mol. The molecule has 1 aliphatic carbocycles. The molecule has 2 heterocycles. The van der Waals surface area contributed by atoms with Gasteiger partial charge < -0.3 is 9.64 Å². The Hall–Kier alpha value is -2.18. The number of aromatic nitrogens is 1. The van der Waals surface area contributed by atoms with E-state index in [0.29, 0.717) is 18.9 Å². The average Bonchev–Trinajstić information content (AvgIpc) is 3.22. The summed E-state index contributed by atoms with van der Waals surface area (Å²) in [4.78, 5) is 21.1. The Labute approximate surface area is 173 Å². The summed E-state index contributed by atoms with van der Waals surface area (Å²) < 4.78 is 5.24. The van der Waals surface area contributed by atoms with E-state index in [9.17, 15) is 4.79 Å². The molecule has 1 unspecified atom stereocenters. The van der Waals surface area contributed by atoms with Crippen LogP contribution in [0, 0.1) is 5.92 Å². The number of benzene rings is 1. The molecule has 1 atom stereocenters. The molecule has 1 aliphatic rings. The van der Waals surface area contributed by atoms with Gasteiger partial charge in [-0.25, -0.2) is 4.98 Å². The third-order valence-electron chi connectivity index (χ3n) is 5.24. The fourth-order valence-corrected chi connectivity index (χ4v) is 5.01. The summed E-state index contributed by atoms with van der Waals surface area (Å²) in [5, 5.41) is 5.06. The highest BCUT2D eigenvalue weighted by Crippen LogP contribution is 2.36. The zero-order chi connectivity index (χ0) is 19.5. The summed E-state index contributed by atoms with van der Waals surface area (Å²) in [5.41, 5.74) is 1.99. The van der Waals surface area contributed by atoms with Gasteiger partial charge in [-0.3, -0.25) is 4.79 Å². The lowest BCUT2D eigenvalue weighted by Crippen LogP contribution is -2.40. The van der Waals surface area contributed by atoms with Gasteiger partial charge in [-0.2, -0.15) is 0 Å². The summed E-state index contributed by atoms with van der Waals surface area (Å²) in [5.74, 6) is 1.61. The Morgan fingerprint density at radius 3 is 2.68 bits per heavy atom. The van der Waals surface area contributed by atoms with E-state index in [4.69, 9.17) is 4.74 Å². The van der Waals surface area contributed by atoms with Gasteiger partial charge in [0.15, 0.2) is 0 Å². The quantitative estimate of drug-likeness (QED) is 0.507. The molecule has 1 amide bonds. The number of ether oxygens (including phenoxy) is 1. The van der Waals surface area contributed by atoms with Crippen LogP contribution in [0.5, 0.6) is 5.75 Å². The first-order valence-electron chi connectivity index (χ1n) is 9.54. The summed E-state index contributed by atoms with van der Waals surface area (Å²) in [6.07, 6.45) is 2.79. The first-order valence-corrected chi connectivity index (χ1v) is 11.3. The van der Waals surface area contributed by atoms with Crippen LogP contribution in [0.1, 0.15) is 31.0 Å². The Kier molecular flexibility index (Phi) is 5.78. The van der Waals surface area contributed by atoms with Crippen molar-refractivity contribution < 1.29 is 9.53 Å². The molecule has 0 spiro atoms. The Balaban J connectivity index is 1.48. The fourth-order valence-electron chi connectivity index (χ4n) is 3.38. The normalized spacial score (nSPS) is 14.6. The minimum absolute atomic E-state index is 0.151. The number of carbonyl (C=O) groups excluding carboxylic acids is 1. The number of hydrogen-bond donors (Lipinski definition) is 0. The van der Waals surface area contributed by atoms with Crippen LogP contribution in [0.2, 0.25) is 0 Å². The number of nitrogens with zero attached hydrogens (tertiary/aromatic N) is 2. The van der Waals surface area contributed by atoms with Gasteiger partial charge in [0.1, 0.15) is 10.8 Å². The number of rotatable bonds is 8. The van der Waals surface area contributed by atoms with E-state index in [0.717, 1.165) is 26.9 Å². The van der Waals surface area contributed by atoms with E-state index < -0.39 is 0 Å². The molecular formula is C22H24N2O2S2. The number of hydrogen-bond acceptors (Lipinski definition) is 5.